The number of aromatic nitrogens is 1. The summed E-state index contributed by atoms with van der Waals surface area (Å²) < 4.78 is 6.33. The van der Waals surface area contributed by atoms with E-state index in [1.54, 1.807) is 0 Å². The van der Waals surface area contributed by atoms with Gasteiger partial charge in [-0.3, -0.25) is 0 Å². The highest BCUT2D eigenvalue weighted by atomic mass is 79.9. The van der Waals surface area contributed by atoms with Gasteiger partial charge in [0.15, 0.2) is 5.58 Å². The predicted octanol–water partition coefficient (Wildman–Crippen LogP) is 4.45. The first-order valence-corrected chi connectivity index (χ1v) is 6.07. The molecular weight excluding hydrogens is 274 g/mol. The number of oxazole rings is 1. The van der Waals surface area contributed by atoms with E-state index in [9.17, 15) is 0 Å². The Morgan fingerprint density at radius 3 is 2.87 bits per heavy atom. The molecule has 80 valence electrons. The van der Waals surface area contributed by atoms with Crippen LogP contribution in [0.1, 0.15) is 19.4 Å². The van der Waals surface area contributed by atoms with Gasteiger partial charge in [-0.2, -0.15) is 0 Å². The van der Waals surface area contributed by atoms with E-state index in [0.29, 0.717) is 10.8 Å². The molecule has 0 bridgehead atoms. The summed E-state index contributed by atoms with van der Waals surface area (Å²) in [5, 5.41) is 0. The predicted molar refractivity (Wildman–Crippen MR) is 67.6 cm³/mol. The fourth-order valence-corrected chi connectivity index (χ4v) is 2.45. The summed E-state index contributed by atoms with van der Waals surface area (Å²) in [5.74, 6) is 0.643. The number of benzene rings is 1. The van der Waals surface area contributed by atoms with E-state index in [-0.39, 0.29) is 0 Å². The number of aromatic amines is 1. The lowest BCUT2D eigenvalue weighted by atomic mass is 10.0. The first-order chi connectivity index (χ1) is 7.06. The standard InChI is InChI=1S/C11H12BrNOS/c1-6(2)3-7-4-8(12)10-9(5-7)13-11(15)14-10/h4-6H,3H2,1-2H3,(H,13,15). The summed E-state index contributed by atoms with van der Waals surface area (Å²) >= 11 is 8.45. The minimum atomic E-state index is 0.424. The highest BCUT2D eigenvalue weighted by Gasteiger charge is 2.07. The van der Waals surface area contributed by atoms with Crippen LogP contribution < -0.4 is 0 Å². The first kappa shape index (κ1) is 10.9. The van der Waals surface area contributed by atoms with E-state index in [1.165, 1.54) is 5.56 Å². The van der Waals surface area contributed by atoms with Gasteiger partial charge >= 0.3 is 0 Å². The number of hydrogen-bond acceptors (Lipinski definition) is 2. The molecule has 4 heteroatoms. The monoisotopic (exact) mass is 285 g/mol. The van der Waals surface area contributed by atoms with E-state index in [1.807, 2.05) is 0 Å². The lowest BCUT2D eigenvalue weighted by Crippen LogP contribution is -1.93. The molecule has 0 amide bonds. The largest absolute Gasteiger partial charge is 0.428 e. The molecule has 0 atom stereocenters. The maximum Gasteiger partial charge on any atom is 0.266 e. The van der Waals surface area contributed by atoms with Gasteiger partial charge in [0.05, 0.1) is 9.99 Å². The van der Waals surface area contributed by atoms with Gasteiger partial charge < -0.3 is 9.40 Å². The fourth-order valence-electron chi connectivity index (χ4n) is 1.66. The van der Waals surface area contributed by atoms with Crippen molar-refractivity contribution in [3.05, 3.63) is 27.0 Å². The van der Waals surface area contributed by atoms with Crippen LogP contribution in [0.5, 0.6) is 0 Å². The second kappa shape index (κ2) is 4.10. The van der Waals surface area contributed by atoms with Crippen LogP contribution in [-0.4, -0.2) is 4.98 Å². The molecule has 0 fully saturated rings. The summed E-state index contributed by atoms with van der Waals surface area (Å²) in [6, 6.07) is 4.19. The lowest BCUT2D eigenvalue weighted by molar-refractivity contribution is 0.581. The molecular formula is C11H12BrNOS. The second-order valence-electron chi connectivity index (χ2n) is 4.07. The zero-order valence-electron chi connectivity index (χ0n) is 8.63. The molecule has 1 aromatic carbocycles. The average molecular weight is 286 g/mol. The second-order valence-corrected chi connectivity index (χ2v) is 5.29. The van der Waals surface area contributed by atoms with Gasteiger partial charge in [-0.05, 0) is 58.2 Å². The van der Waals surface area contributed by atoms with Gasteiger partial charge in [0.1, 0.15) is 0 Å². The van der Waals surface area contributed by atoms with Crippen LogP contribution in [0.2, 0.25) is 0 Å². The Kier molecular flexibility index (Phi) is 2.98. The Balaban J connectivity index is 2.56. The van der Waals surface area contributed by atoms with Crippen molar-refractivity contribution in [2.45, 2.75) is 20.3 Å². The van der Waals surface area contributed by atoms with Crippen molar-refractivity contribution in [3.8, 4) is 0 Å². The lowest BCUT2D eigenvalue weighted by Gasteiger charge is -2.05. The summed E-state index contributed by atoms with van der Waals surface area (Å²) in [4.78, 5) is 3.45. The summed E-state index contributed by atoms with van der Waals surface area (Å²) in [6.07, 6.45) is 1.06. The van der Waals surface area contributed by atoms with Gasteiger partial charge in [0, 0.05) is 0 Å². The number of fused-ring (bicyclic) bond motifs is 1. The number of nitrogens with one attached hydrogen (secondary N) is 1. The molecule has 1 N–H and O–H groups in total. The number of rotatable bonds is 2. The van der Waals surface area contributed by atoms with Crippen LogP contribution >= 0.6 is 28.1 Å². The molecule has 0 aliphatic rings. The third kappa shape index (κ3) is 2.32. The SMILES string of the molecule is CC(C)Cc1cc(Br)c2oc(=S)[nH]c2c1. The zero-order valence-corrected chi connectivity index (χ0v) is 11.0. The molecule has 0 spiro atoms. The highest BCUT2D eigenvalue weighted by molar-refractivity contribution is 9.10. The van der Waals surface area contributed by atoms with E-state index < -0.39 is 0 Å². The molecule has 0 saturated carbocycles. The molecule has 0 radical (unpaired) electrons. The highest BCUT2D eigenvalue weighted by Crippen LogP contribution is 2.26. The van der Waals surface area contributed by atoms with Crippen molar-refractivity contribution in [1.82, 2.24) is 4.98 Å². The summed E-state index contributed by atoms with van der Waals surface area (Å²) in [5.41, 5.74) is 3.05. The Morgan fingerprint density at radius 2 is 2.20 bits per heavy atom. The zero-order chi connectivity index (χ0) is 11.0. The maximum atomic E-state index is 5.37. The van der Waals surface area contributed by atoms with Gasteiger partial charge in [0.2, 0.25) is 0 Å². The van der Waals surface area contributed by atoms with Crippen LogP contribution in [0.15, 0.2) is 21.0 Å². The van der Waals surface area contributed by atoms with Crippen molar-refractivity contribution in [3.63, 3.8) is 0 Å². The molecule has 0 aliphatic carbocycles. The third-order valence-corrected chi connectivity index (χ3v) is 2.95. The minimum Gasteiger partial charge on any atom is -0.428 e. The van der Waals surface area contributed by atoms with Crippen LogP contribution in [0, 0.1) is 10.8 Å². The molecule has 0 saturated heterocycles. The molecule has 0 aliphatic heterocycles. The third-order valence-electron chi connectivity index (χ3n) is 2.18. The molecule has 0 unspecified atom stereocenters. The number of halogens is 1. The Bertz CT molecular complexity index is 541. The Hall–Kier alpha value is -0.610. The number of hydrogen-bond donors (Lipinski definition) is 1. The Morgan fingerprint density at radius 1 is 1.47 bits per heavy atom. The van der Waals surface area contributed by atoms with E-state index >= 15 is 0 Å². The van der Waals surface area contributed by atoms with Crippen molar-refractivity contribution in [2.24, 2.45) is 5.92 Å². The molecule has 2 rings (SSSR count). The van der Waals surface area contributed by atoms with Gasteiger partial charge in [-0.15, -0.1) is 0 Å². The normalized spacial score (nSPS) is 11.5. The quantitative estimate of drug-likeness (QED) is 0.826. The van der Waals surface area contributed by atoms with Crippen LogP contribution in [-0.2, 0) is 6.42 Å². The van der Waals surface area contributed by atoms with Gasteiger partial charge in [0.25, 0.3) is 4.84 Å². The van der Waals surface area contributed by atoms with E-state index in [4.69, 9.17) is 16.6 Å². The average Bonchev–Trinajstić information content (AvgIpc) is 2.44. The molecule has 1 aromatic heterocycles. The maximum absolute atomic E-state index is 5.37. The molecule has 2 aromatic rings. The van der Waals surface area contributed by atoms with E-state index in [2.05, 4.69) is 46.9 Å². The van der Waals surface area contributed by atoms with Gasteiger partial charge in [-0.25, -0.2) is 0 Å². The molecule has 15 heavy (non-hydrogen) atoms. The smallest absolute Gasteiger partial charge is 0.266 e. The van der Waals surface area contributed by atoms with Crippen molar-refractivity contribution in [2.75, 3.05) is 0 Å². The first-order valence-electron chi connectivity index (χ1n) is 4.87. The summed E-state index contributed by atoms with van der Waals surface area (Å²) in [7, 11) is 0. The van der Waals surface area contributed by atoms with Crippen molar-refractivity contribution in [1.29, 1.82) is 0 Å². The van der Waals surface area contributed by atoms with Crippen LogP contribution in [0.25, 0.3) is 11.1 Å². The molecule has 1 heterocycles. The van der Waals surface area contributed by atoms with Crippen molar-refractivity contribution >= 4 is 39.2 Å². The minimum absolute atomic E-state index is 0.424. The number of H-pyrrole nitrogens is 1. The van der Waals surface area contributed by atoms with Crippen LogP contribution in [0.4, 0.5) is 0 Å². The van der Waals surface area contributed by atoms with Crippen molar-refractivity contribution < 1.29 is 4.42 Å². The van der Waals surface area contributed by atoms with Gasteiger partial charge in [-0.1, -0.05) is 13.8 Å². The fraction of sp³-hybridized carbons (Fsp3) is 0.364. The molecule has 2 nitrogen and oxygen atoms in total. The van der Waals surface area contributed by atoms with Crippen LogP contribution in [0.3, 0.4) is 0 Å². The topological polar surface area (TPSA) is 28.9 Å². The van der Waals surface area contributed by atoms with E-state index in [0.717, 1.165) is 22.0 Å². The summed E-state index contributed by atoms with van der Waals surface area (Å²) in [6.45, 7) is 4.41. The Labute approximate surface area is 102 Å².